The summed E-state index contributed by atoms with van der Waals surface area (Å²) in [5.41, 5.74) is 5.50. The third-order valence-corrected chi connectivity index (χ3v) is 6.43. The van der Waals surface area contributed by atoms with Gasteiger partial charge in [0.05, 0.1) is 15.6 Å². The highest BCUT2D eigenvalue weighted by Gasteiger charge is 2.28. The Morgan fingerprint density at radius 2 is 1.67 bits per heavy atom. The van der Waals surface area contributed by atoms with Crippen LogP contribution in [0.3, 0.4) is 0 Å². The number of halogens is 3. The van der Waals surface area contributed by atoms with E-state index >= 15 is 0 Å². The van der Waals surface area contributed by atoms with E-state index in [1.807, 2.05) is 0 Å². The molecule has 7 nitrogen and oxygen atoms in total. The molecule has 3 aromatic carbocycles. The van der Waals surface area contributed by atoms with Gasteiger partial charge >= 0.3 is 0 Å². The standard InChI is InChI=1S/C22H18ClF2N3O4S/c1-28(20(21(26)29)13-3-2-4-16(25)11-13)22(30)14-5-10-18(23)19(12-14)27-33(31,32)17-8-6-15(24)7-9-17/h2-12,20,27H,1H3,(H2,26,29). The maximum Gasteiger partial charge on any atom is 0.261 e. The van der Waals surface area contributed by atoms with Crippen LogP contribution in [0.15, 0.2) is 71.6 Å². The van der Waals surface area contributed by atoms with Gasteiger partial charge in [-0.15, -0.1) is 0 Å². The molecule has 0 aromatic heterocycles. The number of amides is 2. The summed E-state index contributed by atoms with van der Waals surface area (Å²) in [6.45, 7) is 0. The molecule has 3 aromatic rings. The average molecular weight is 494 g/mol. The summed E-state index contributed by atoms with van der Waals surface area (Å²) in [6, 6.07) is 11.8. The molecule has 0 aliphatic heterocycles. The smallest absolute Gasteiger partial charge is 0.261 e. The van der Waals surface area contributed by atoms with E-state index in [2.05, 4.69) is 4.72 Å². The number of primary amides is 1. The lowest BCUT2D eigenvalue weighted by Gasteiger charge is -2.26. The van der Waals surface area contributed by atoms with Crippen molar-refractivity contribution in [3.8, 4) is 0 Å². The van der Waals surface area contributed by atoms with Crippen molar-refractivity contribution in [2.24, 2.45) is 5.73 Å². The summed E-state index contributed by atoms with van der Waals surface area (Å²) in [5, 5.41) is -0.00327. The first-order chi connectivity index (χ1) is 15.5. The van der Waals surface area contributed by atoms with Gasteiger partial charge in [0.2, 0.25) is 5.91 Å². The van der Waals surface area contributed by atoms with Gasteiger partial charge in [-0.1, -0.05) is 23.7 Å². The van der Waals surface area contributed by atoms with E-state index in [1.165, 1.54) is 43.4 Å². The molecular formula is C22H18ClF2N3O4S. The summed E-state index contributed by atoms with van der Waals surface area (Å²) < 4.78 is 54.2. The highest BCUT2D eigenvalue weighted by molar-refractivity contribution is 7.92. The predicted molar refractivity (Wildman–Crippen MR) is 119 cm³/mol. The Balaban J connectivity index is 1.92. The fourth-order valence-electron chi connectivity index (χ4n) is 3.13. The molecule has 0 aliphatic carbocycles. The topological polar surface area (TPSA) is 110 Å². The van der Waals surface area contributed by atoms with E-state index in [0.29, 0.717) is 0 Å². The number of anilines is 1. The van der Waals surface area contributed by atoms with Gasteiger partial charge in [-0.3, -0.25) is 14.3 Å². The Morgan fingerprint density at radius 1 is 1.00 bits per heavy atom. The molecule has 2 amide bonds. The second kappa shape index (κ2) is 9.55. The lowest BCUT2D eigenvalue weighted by atomic mass is 10.0. The van der Waals surface area contributed by atoms with Gasteiger partial charge < -0.3 is 10.6 Å². The molecule has 1 atom stereocenters. The number of benzene rings is 3. The zero-order valence-electron chi connectivity index (χ0n) is 17.1. The summed E-state index contributed by atoms with van der Waals surface area (Å²) in [4.78, 5) is 25.9. The lowest BCUT2D eigenvalue weighted by Crippen LogP contribution is -2.39. The van der Waals surface area contributed by atoms with E-state index in [4.69, 9.17) is 17.3 Å². The summed E-state index contributed by atoms with van der Waals surface area (Å²) in [7, 11) is -2.83. The van der Waals surface area contributed by atoms with Crippen LogP contribution in [0.5, 0.6) is 0 Å². The first kappa shape index (κ1) is 24.1. The second-order valence-electron chi connectivity index (χ2n) is 7.03. The Bertz CT molecular complexity index is 1320. The van der Waals surface area contributed by atoms with Crippen molar-refractivity contribution >= 4 is 39.1 Å². The minimum atomic E-state index is -4.13. The zero-order chi connectivity index (χ0) is 24.3. The van der Waals surface area contributed by atoms with Crippen LogP contribution in [0.25, 0.3) is 0 Å². The number of nitrogens with one attached hydrogen (secondary N) is 1. The first-order valence-electron chi connectivity index (χ1n) is 9.39. The van der Waals surface area contributed by atoms with Crippen molar-refractivity contribution in [2.45, 2.75) is 10.9 Å². The number of hydrogen-bond donors (Lipinski definition) is 2. The van der Waals surface area contributed by atoms with Crippen LogP contribution in [-0.2, 0) is 14.8 Å². The van der Waals surface area contributed by atoms with Gasteiger partial charge in [0.25, 0.3) is 15.9 Å². The molecular weight excluding hydrogens is 476 g/mol. The third kappa shape index (κ3) is 5.47. The number of likely N-dealkylation sites (N-methyl/N-ethyl adjacent to an activating group) is 1. The molecule has 0 saturated heterocycles. The summed E-state index contributed by atoms with van der Waals surface area (Å²) in [5.74, 6) is -2.79. The Labute approximate surface area is 193 Å². The minimum Gasteiger partial charge on any atom is -0.368 e. The normalized spacial score (nSPS) is 12.1. The molecule has 0 radical (unpaired) electrons. The van der Waals surface area contributed by atoms with E-state index in [0.717, 1.165) is 35.2 Å². The van der Waals surface area contributed by atoms with Gasteiger partial charge in [0.15, 0.2) is 0 Å². The fraction of sp³-hybridized carbons (Fsp3) is 0.0909. The number of nitrogens with zero attached hydrogens (tertiary/aromatic N) is 1. The van der Waals surface area contributed by atoms with Gasteiger partial charge in [-0.05, 0) is 60.2 Å². The van der Waals surface area contributed by atoms with Crippen molar-refractivity contribution in [3.63, 3.8) is 0 Å². The first-order valence-corrected chi connectivity index (χ1v) is 11.3. The highest BCUT2D eigenvalue weighted by atomic mass is 35.5. The largest absolute Gasteiger partial charge is 0.368 e. The van der Waals surface area contributed by atoms with E-state index in [-0.39, 0.29) is 26.7 Å². The average Bonchev–Trinajstić information content (AvgIpc) is 2.75. The van der Waals surface area contributed by atoms with Crippen LogP contribution < -0.4 is 10.5 Å². The van der Waals surface area contributed by atoms with Gasteiger partial charge in [-0.2, -0.15) is 0 Å². The van der Waals surface area contributed by atoms with Gasteiger partial charge in [0.1, 0.15) is 17.7 Å². The van der Waals surface area contributed by atoms with Crippen molar-refractivity contribution in [3.05, 3.63) is 94.5 Å². The fourth-order valence-corrected chi connectivity index (χ4v) is 4.42. The zero-order valence-corrected chi connectivity index (χ0v) is 18.7. The monoisotopic (exact) mass is 493 g/mol. The van der Waals surface area contributed by atoms with Crippen LogP contribution in [0, 0.1) is 11.6 Å². The molecule has 0 saturated carbocycles. The van der Waals surface area contributed by atoms with Crippen LogP contribution in [-0.4, -0.2) is 32.2 Å². The maximum absolute atomic E-state index is 13.6. The predicted octanol–water partition coefficient (Wildman–Crippen LogP) is 3.72. The number of nitrogens with two attached hydrogens (primary N) is 1. The molecule has 0 aliphatic rings. The molecule has 172 valence electrons. The minimum absolute atomic E-state index is 0.00327. The summed E-state index contributed by atoms with van der Waals surface area (Å²) >= 11 is 6.10. The van der Waals surface area contributed by atoms with E-state index < -0.39 is 39.5 Å². The molecule has 0 heterocycles. The highest BCUT2D eigenvalue weighted by Crippen LogP contribution is 2.28. The Morgan fingerprint density at radius 3 is 2.27 bits per heavy atom. The SMILES string of the molecule is CN(C(=O)c1ccc(Cl)c(NS(=O)(=O)c2ccc(F)cc2)c1)C(C(N)=O)c1cccc(F)c1. The molecule has 11 heteroatoms. The van der Waals surface area contributed by atoms with Crippen molar-refractivity contribution in [2.75, 3.05) is 11.8 Å². The number of carbonyl (C=O) groups is 2. The lowest BCUT2D eigenvalue weighted by molar-refractivity contribution is -0.122. The van der Waals surface area contributed by atoms with Crippen molar-refractivity contribution < 1.29 is 26.8 Å². The van der Waals surface area contributed by atoms with E-state index in [9.17, 15) is 26.8 Å². The molecule has 3 rings (SSSR count). The molecule has 33 heavy (non-hydrogen) atoms. The third-order valence-electron chi connectivity index (χ3n) is 4.72. The second-order valence-corrected chi connectivity index (χ2v) is 9.12. The van der Waals surface area contributed by atoms with Crippen molar-refractivity contribution in [1.29, 1.82) is 0 Å². The molecule has 0 bridgehead atoms. The molecule has 3 N–H and O–H groups in total. The maximum atomic E-state index is 13.6. The quantitative estimate of drug-likeness (QED) is 0.522. The molecule has 0 spiro atoms. The number of hydrogen-bond acceptors (Lipinski definition) is 4. The Hall–Kier alpha value is -3.50. The molecule has 0 fully saturated rings. The van der Waals surface area contributed by atoms with Gasteiger partial charge in [0, 0.05) is 12.6 Å². The van der Waals surface area contributed by atoms with E-state index in [1.54, 1.807) is 0 Å². The van der Waals surface area contributed by atoms with Gasteiger partial charge in [-0.25, -0.2) is 17.2 Å². The number of sulfonamides is 1. The van der Waals surface area contributed by atoms with Crippen LogP contribution >= 0.6 is 11.6 Å². The van der Waals surface area contributed by atoms with Crippen molar-refractivity contribution in [1.82, 2.24) is 4.90 Å². The molecule has 1 unspecified atom stereocenters. The number of carbonyl (C=O) groups excluding carboxylic acids is 2. The van der Waals surface area contributed by atoms with Crippen LogP contribution in [0.2, 0.25) is 5.02 Å². The number of rotatable bonds is 7. The Kier molecular flexibility index (Phi) is 6.99. The summed E-state index contributed by atoms with van der Waals surface area (Å²) in [6.07, 6.45) is 0. The van der Waals surface area contributed by atoms with Crippen LogP contribution in [0.4, 0.5) is 14.5 Å². The van der Waals surface area contributed by atoms with Crippen LogP contribution in [0.1, 0.15) is 22.0 Å².